The molecule has 0 spiro atoms. The zero-order valence-electron chi connectivity index (χ0n) is 16.1. The molecule has 0 bridgehead atoms. The minimum absolute atomic E-state index is 0.149. The Morgan fingerprint density at radius 1 is 0.885 bits per heavy atom. The summed E-state index contributed by atoms with van der Waals surface area (Å²) in [5.74, 6) is 0.784. The number of aromatic nitrogens is 2. The Labute approximate surface area is 155 Å². The number of hydrogen-bond donors (Lipinski definition) is 1. The lowest BCUT2D eigenvalue weighted by Gasteiger charge is -2.19. The molecule has 0 atom stereocenters. The van der Waals surface area contributed by atoms with E-state index < -0.39 is 0 Å². The Morgan fingerprint density at radius 3 is 2.23 bits per heavy atom. The SMILES string of the molecule is CN(C)c1ccccc1-c1cc(Nc2ccc(C(C)(C)C)cc2)ncn1. The molecule has 3 rings (SSSR count). The Hall–Kier alpha value is -2.88. The van der Waals surface area contributed by atoms with Gasteiger partial charge in [0.2, 0.25) is 0 Å². The maximum Gasteiger partial charge on any atom is 0.134 e. The van der Waals surface area contributed by atoms with E-state index in [0.717, 1.165) is 28.5 Å². The zero-order valence-corrected chi connectivity index (χ0v) is 16.1. The number of anilines is 3. The number of hydrogen-bond acceptors (Lipinski definition) is 4. The van der Waals surface area contributed by atoms with E-state index in [1.54, 1.807) is 6.33 Å². The molecule has 134 valence electrons. The lowest BCUT2D eigenvalue weighted by atomic mass is 9.87. The fraction of sp³-hybridized carbons (Fsp3) is 0.273. The Morgan fingerprint density at radius 2 is 1.58 bits per heavy atom. The van der Waals surface area contributed by atoms with Crippen molar-refractivity contribution in [2.24, 2.45) is 0 Å². The van der Waals surface area contributed by atoms with E-state index in [0.29, 0.717) is 0 Å². The summed E-state index contributed by atoms with van der Waals surface area (Å²) in [5, 5.41) is 3.38. The van der Waals surface area contributed by atoms with Gasteiger partial charge in [-0.3, -0.25) is 0 Å². The molecule has 0 radical (unpaired) electrons. The first-order valence-corrected chi connectivity index (χ1v) is 8.81. The maximum atomic E-state index is 4.46. The molecule has 1 N–H and O–H groups in total. The molecule has 0 aliphatic rings. The molecular weight excluding hydrogens is 320 g/mol. The summed E-state index contributed by atoms with van der Waals surface area (Å²) in [7, 11) is 4.08. The van der Waals surface area contributed by atoms with E-state index in [1.165, 1.54) is 5.56 Å². The molecule has 3 aromatic rings. The van der Waals surface area contributed by atoms with Gasteiger partial charge in [0.25, 0.3) is 0 Å². The molecule has 0 aliphatic carbocycles. The largest absolute Gasteiger partial charge is 0.377 e. The highest BCUT2D eigenvalue weighted by atomic mass is 15.1. The topological polar surface area (TPSA) is 41.0 Å². The second-order valence-electron chi connectivity index (χ2n) is 7.65. The predicted octanol–water partition coefficient (Wildman–Crippen LogP) is 5.25. The number of nitrogens with one attached hydrogen (secondary N) is 1. The van der Waals surface area contributed by atoms with Crippen molar-refractivity contribution in [1.82, 2.24) is 9.97 Å². The van der Waals surface area contributed by atoms with Crippen LogP contribution in [0.1, 0.15) is 26.3 Å². The van der Waals surface area contributed by atoms with Crippen LogP contribution in [0.25, 0.3) is 11.3 Å². The van der Waals surface area contributed by atoms with Crippen molar-refractivity contribution in [1.29, 1.82) is 0 Å². The van der Waals surface area contributed by atoms with Crippen LogP contribution < -0.4 is 10.2 Å². The lowest BCUT2D eigenvalue weighted by Crippen LogP contribution is -2.10. The molecule has 0 saturated carbocycles. The normalized spacial score (nSPS) is 11.3. The van der Waals surface area contributed by atoms with E-state index in [2.05, 4.69) is 77.4 Å². The van der Waals surface area contributed by atoms with E-state index in [9.17, 15) is 0 Å². The van der Waals surface area contributed by atoms with Crippen LogP contribution in [0, 0.1) is 0 Å². The average Bonchev–Trinajstić information content (AvgIpc) is 2.61. The van der Waals surface area contributed by atoms with E-state index in [4.69, 9.17) is 0 Å². The highest BCUT2D eigenvalue weighted by Crippen LogP contribution is 2.30. The molecule has 1 aromatic heterocycles. The van der Waals surface area contributed by atoms with Crippen molar-refractivity contribution in [3.8, 4) is 11.3 Å². The molecule has 0 aliphatic heterocycles. The third-order valence-electron chi connectivity index (χ3n) is 4.35. The van der Waals surface area contributed by atoms with Gasteiger partial charge in [-0.05, 0) is 29.2 Å². The molecule has 4 nitrogen and oxygen atoms in total. The average molecular weight is 346 g/mol. The van der Waals surface area contributed by atoms with Crippen LogP contribution in [0.4, 0.5) is 17.2 Å². The van der Waals surface area contributed by atoms with Crippen LogP contribution in [0.2, 0.25) is 0 Å². The van der Waals surface area contributed by atoms with Crippen LogP contribution in [0.5, 0.6) is 0 Å². The molecule has 26 heavy (non-hydrogen) atoms. The van der Waals surface area contributed by atoms with Crippen LogP contribution in [0.15, 0.2) is 60.9 Å². The number of para-hydroxylation sites is 1. The first-order chi connectivity index (χ1) is 12.3. The van der Waals surface area contributed by atoms with Gasteiger partial charge in [0.15, 0.2) is 0 Å². The quantitative estimate of drug-likeness (QED) is 0.700. The lowest BCUT2D eigenvalue weighted by molar-refractivity contribution is 0.590. The minimum atomic E-state index is 0.149. The molecule has 0 fully saturated rings. The summed E-state index contributed by atoms with van der Waals surface area (Å²) in [6.07, 6.45) is 1.60. The Kier molecular flexibility index (Phi) is 4.94. The zero-order chi connectivity index (χ0) is 18.7. The molecule has 1 heterocycles. The Bertz CT molecular complexity index is 877. The van der Waals surface area contributed by atoms with Crippen molar-refractivity contribution in [3.63, 3.8) is 0 Å². The molecule has 4 heteroatoms. The summed E-state index contributed by atoms with van der Waals surface area (Å²) in [6.45, 7) is 6.65. The van der Waals surface area contributed by atoms with Gasteiger partial charge < -0.3 is 10.2 Å². The Balaban J connectivity index is 1.87. The molecule has 0 saturated heterocycles. The number of rotatable bonds is 4. The molecule has 0 unspecified atom stereocenters. The van der Waals surface area contributed by atoms with E-state index in [-0.39, 0.29) is 5.41 Å². The van der Waals surface area contributed by atoms with Gasteiger partial charge in [0.05, 0.1) is 5.69 Å². The molecule has 2 aromatic carbocycles. The first kappa shape index (κ1) is 17.9. The summed E-state index contributed by atoms with van der Waals surface area (Å²) in [4.78, 5) is 10.9. The van der Waals surface area contributed by atoms with Crippen LogP contribution >= 0.6 is 0 Å². The highest BCUT2D eigenvalue weighted by Gasteiger charge is 2.13. The fourth-order valence-electron chi connectivity index (χ4n) is 2.85. The second kappa shape index (κ2) is 7.16. The van der Waals surface area contributed by atoms with E-state index in [1.807, 2.05) is 32.3 Å². The molecular formula is C22H26N4. The number of nitrogens with zero attached hydrogens (tertiary/aromatic N) is 3. The van der Waals surface area contributed by atoms with Crippen LogP contribution in [0.3, 0.4) is 0 Å². The van der Waals surface area contributed by atoms with E-state index >= 15 is 0 Å². The third kappa shape index (κ3) is 4.02. The van der Waals surface area contributed by atoms with Gasteiger partial charge >= 0.3 is 0 Å². The fourth-order valence-corrected chi connectivity index (χ4v) is 2.85. The summed E-state index contributed by atoms with van der Waals surface area (Å²) in [6, 6.07) is 18.7. The van der Waals surface area contributed by atoms with Gasteiger partial charge in [-0.1, -0.05) is 51.1 Å². The van der Waals surface area contributed by atoms with Gasteiger partial charge in [0, 0.05) is 37.1 Å². The van der Waals surface area contributed by atoms with Crippen LogP contribution in [-0.4, -0.2) is 24.1 Å². The monoisotopic (exact) mass is 346 g/mol. The van der Waals surface area contributed by atoms with Crippen LogP contribution in [-0.2, 0) is 5.41 Å². The third-order valence-corrected chi connectivity index (χ3v) is 4.35. The van der Waals surface area contributed by atoms with Crippen molar-refractivity contribution in [2.45, 2.75) is 26.2 Å². The number of benzene rings is 2. The van der Waals surface area contributed by atoms with Gasteiger partial charge in [-0.15, -0.1) is 0 Å². The summed E-state index contributed by atoms with van der Waals surface area (Å²) in [5.41, 5.74) is 5.60. The van der Waals surface area contributed by atoms with Gasteiger partial charge in [-0.2, -0.15) is 0 Å². The minimum Gasteiger partial charge on any atom is -0.377 e. The predicted molar refractivity (Wildman–Crippen MR) is 110 cm³/mol. The van der Waals surface area contributed by atoms with Crippen molar-refractivity contribution in [2.75, 3.05) is 24.3 Å². The smallest absolute Gasteiger partial charge is 0.134 e. The van der Waals surface area contributed by atoms with Crippen molar-refractivity contribution < 1.29 is 0 Å². The maximum absolute atomic E-state index is 4.46. The summed E-state index contributed by atoms with van der Waals surface area (Å²) >= 11 is 0. The van der Waals surface area contributed by atoms with Crippen molar-refractivity contribution in [3.05, 3.63) is 66.5 Å². The highest BCUT2D eigenvalue weighted by molar-refractivity contribution is 5.77. The first-order valence-electron chi connectivity index (χ1n) is 8.81. The standard InChI is InChI=1S/C22H26N4/c1-22(2,3)16-10-12-17(13-11-16)25-21-14-19(23-15-24-21)18-8-6-7-9-20(18)26(4)5/h6-15H,1-5H3,(H,23,24,25). The van der Waals surface area contributed by atoms with Crippen molar-refractivity contribution >= 4 is 17.2 Å². The van der Waals surface area contributed by atoms with Gasteiger partial charge in [0.1, 0.15) is 12.1 Å². The second-order valence-corrected chi connectivity index (χ2v) is 7.65. The van der Waals surface area contributed by atoms with Gasteiger partial charge in [-0.25, -0.2) is 9.97 Å². The molecule has 0 amide bonds. The summed E-state index contributed by atoms with van der Waals surface area (Å²) < 4.78 is 0.